The number of rotatable bonds is 4. The van der Waals surface area contributed by atoms with Crippen LogP contribution in [-0.2, 0) is 4.74 Å². The van der Waals surface area contributed by atoms with Gasteiger partial charge >= 0.3 is 0 Å². The fourth-order valence-corrected chi connectivity index (χ4v) is 2.81. The van der Waals surface area contributed by atoms with Crippen LogP contribution >= 0.6 is 0 Å². The summed E-state index contributed by atoms with van der Waals surface area (Å²) in [4.78, 5) is 22.5. The number of aromatic nitrogens is 2. The van der Waals surface area contributed by atoms with E-state index in [-0.39, 0.29) is 5.78 Å². The van der Waals surface area contributed by atoms with Gasteiger partial charge in [-0.05, 0) is 31.0 Å². The second kappa shape index (κ2) is 5.24. The third-order valence-electron chi connectivity index (χ3n) is 4.26. The standard InChI is InChI=1S/C16H19N3O2/c20-15(10-19-5-7-21-8-6-19)12-3-4-13-14(9-12)18-16(17-13)11-1-2-11/h3-4,9,11H,1-2,5-8,10H2,(H,17,18). The molecule has 0 bridgehead atoms. The van der Waals surface area contributed by atoms with E-state index in [0.717, 1.165) is 48.7 Å². The molecule has 5 heteroatoms. The number of aromatic amines is 1. The Morgan fingerprint density at radius 3 is 2.90 bits per heavy atom. The second-order valence-corrected chi connectivity index (χ2v) is 5.94. The van der Waals surface area contributed by atoms with Gasteiger partial charge in [-0.2, -0.15) is 0 Å². The number of hydrogen-bond acceptors (Lipinski definition) is 4. The number of hydrogen-bond donors (Lipinski definition) is 1. The van der Waals surface area contributed by atoms with Crippen molar-refractivity contribution in [3.63, 3.8) is 0 Å². The van der Waals surface area contributed by atoms with Crippen molar-refractivity contribution in [3.05, 3.63) is 29.6 Å². The predicted molar refractivity (Wildman–Crippen MR) is 79.7 cm³/mol. The highest BCUT2D eigenvalue weighted by molar-refractivity contribution is 6.00. The third kappa shape index (κ3) is 2.71. The lowest BCUT2D eigenvalue weighted by molar-refractivity contribution is 0.0371. The summed E-state index contributed by atoms with van der Waals surface area (Å²) in [6, 6.07) is 5.78. The molecule has 2 heterocycles. The Bertz CT molecular complexity index is 669. The summed E-state index contributed by atoms with van der Waals surface area (Å²) in [5, 5.41) is 0. The number of benzene rings is 1. The van der Waals surface area contributed by atoms with Gasteiger partial charge in [0.25, 0.3) is 0 Å². The number of ketones is 1. The molecule has 2 aliphatic rings. The molecule has 2 fully saturated rings. The quantitative estimate of drug-likeness (QED) is 0.872. The van der Waals surface area contributed by atoms with Gasteiger partial charge in [0.2, 0.25) is 0 Å². The Kier molecular flexibility index (Phi) is 3.24. The van der Waals surface area contributed by atoms with Crippen LogP contribution in [0.3, 0.4) is 0 Å². The van der Waals surface area contributed by atoms with E-state index in [2.05, 4.69) is 14.9 Å². The fourth-order valence-electron chi connectivity index (χ4n) is 2.81. The van der Waals surface area contributed by atoms with E-state index in [0.29, 0.717) is 12.5 Å². The van der Waals surface area contributed by atoms with Gasteiger partial charge in [-0.1, -0.05) is 0 Å². The Labute approximate surface area is 123 Å². The molecule has 0 atom stereocenters. The predicted octanol–water partition coefficient (Wildman–Crippen LogP) is 1.96. The molecule has 2 aromatic rings. The van der Waals surface area contributed by atoms with Crippen molar-refractivity contribution < 1.29 is 9.53 Å². The molecule has 21 heavy (non-hydrogen) atoms. The van der Waals surface area contributed by atoms with Crippen molar-refractivity contribution in [1.82, 2.24) is 14.9 Å². The monoisotopic (exact) mass is 285 g/mol. The van der Waals surface area contributed by atoms with Crippen LogP contribution in [0, 0.1) is 0 Å². The second-order valence-electron chi connectivity index (χ2n) is 5.94. The minimum Gasteiger partial charge on any atom is -0.379 e. The van der Waals surface area contributed by atoms with E-state index in [4.69, 9.17) is 4.74 Å². The number of Topliss-reactive ketones (excluding diaryl/α,β-unsaturated/α-hetero) is 1. The van der Waals surface area contributed by atoms with Crippen LogP contribution in [0.1, 0.15) is 34.9 Å². The van der Waals surface area contributed by atoms with Gasteiger partial charge in [0, 0.05) is 24.6 Å². The minimum absolute atomic E-state index is 0.168. The van der Waals surface area contributed by atoms with Crippen molar-refractivity contribution in [2.45, 2.75) is 18.8 Å². The molecule has 4 rings (SSSR count). The maximum atomic E-state index is 12.4. The van der Waals surface area contributed by atoms with Crippen molar-refractivity contribution >= 4 is 16.8 Å². The fraction of sp³-hybridized carbons (Fsp3) is 0.500. The average molecular weight is 285 g/mol. The van der Waals surface area contributed by atoms with Crippen LogP contribution in [-0.4, -0.2) is 53.5 Å². The van der Waals surface area contributed by atoms with Crippen molar-refractivity contribution in [2.24, 2.45) is 0 Å². The number of nitrogens with zero attached hydrogens (tertiary/aromatic N) is 2. The number of carbonyl (C=O) groups excluding carboxylic acids is 1. The highest BCUT2D eigenvalue weighted by Gasteiger charge is 2.26. The Hall–Kier alpha value is -1.72. The van der Waals surface area contributed by atoms with Crippen LogP contribution in [0.5, 0.6) is 0 Å². The number of fused-ring (bicyclic) bond motifs is 1. The smallest absolute Gasteiger partial charge is 0.176 e. The maximum Gasteiger partial charge on any atom is 0.176 e. The lowest BCUT2D eigenvalue weighted by Gasteiger charge is -2.25. The zero-order valence-electron chi connectivity index (χ0n) is 12.0. The number of morpholine rings is 1. The molecule has 5 nitrogen and oxygen atoms in total. The van der Waals surface area contributed by atoms with Crippen LogP contribution in [0.15, 0.2) is 18.2 Å². The van der Waals surface area contributed by atoms with Gasteiger partial charge in [0.15, 0.2) is 5.78 Å². The van der Waals surface area contributed by atoms with E-state index in [9.17, 15) is 4.79 Å². The van der Waals surface area contributed by atoms with E-state index in [1.54, 1.807) is 0 Å². The molecule has 0 unspecified atom stereocenters. The van der Waals surface area contributed by atoms with E-state index < -0.39 is 0 Å². The summed E-state index contributed by atoms with van der Waals surface area (Å²) in [5.74, 6) is 1.84. The van der Waals surface area contributed by atoms with Gasteiger partial charge in [-0.3, -0.25) is 9.69 Å². The highest BCUT2D eigenvalue weighted by Crippen LogP contribution is 2.39. The largest absolute Gasteiger partial charge is 0.379 e. The molecule has 0 amide bonds. The lowest BCUT2D eigenvalue weighted by atomic mass is 10.1. The summed E-state index contributed by atoms with van der Waals surface area (Å²) in [6.07, 6.45) is 2.45. The van der Waals surface area contributed by atoms with E-state index >= 15 is 0 Å². The van der Waals surface area contributed by atoms with Gasteiger partial charge in [0.1, 0.15) is 5.82 Å². The number of carbonyl (C=O) groups is 1. The number of H-pyrrole nitrogens is 1. The molecule has 0 spiro atoms. The van der Waals surface area contributed by atoms with Gasteiger partial charge < -0.3 is 9.72 Å². The molecule has 110 valence electrons. The SMILES string of the molecule is O=C(CN1CCOCC1)c1ccc2nc(C3CC3)[nH]c2c1. The van der Waals surface area contributed by atoms with Gasteiger partial charge in [0.05, 0.1) is 30.8 Å². The van der Waals surface area contributed by atoms with Crippen molar-refractivity contribution in [2.75, 3.05) is 32.8 Å². The molecule has 1 aliphatic heterocycles. The first kappa shape index (κ1) is 13.0. The molecule has 1 saturated carbocycles. The molecule has 1 saturated heterocycles. The molecule has 1 aromatic heterocycles. The molecule has 1 aromatic carbocycles. The van der Waals surface area contributed by atoms with Crippen LogP contribution in [0.2, 0.25) is 0 Å². The third-order valence-corrected chi connectivity index (χ3v) is 4.26. The Morgan fingerprint density at radius 2 is 2.14 bits per heavy atom. The zero-order valence-corrected chi connectivity index (χ0v) is 12.0. The summed E-state index contributed by atoms with van der Waals surface area (Å²) in [7, 11) is 0. The number of imidazole rings is 1. The van der Waals surface area contributed by atoms with E-state index in [1.807, 2.05) is 18.2 Å². The Morgan fingerprint density at radius 1 is 1.33 bits per heavy atom. The van der Waals surface area contributed by atoms with E-state index in [1.165, 1.54) is 12.8 Å². The van der Waals surface area contributed by atoms with Crippen LogP contribution in [0.4, 0.5) is 0 Å². The van der Waals surface area contributed by atoms with Gasteiger partial charge in [-0.25, -0.2) is 4.98 Å². The highest BCUT2D eigenvalue weighted by atomic mass is 16.5. The first-order valence-electron chi connectivity index (χ1n) is 7.62. The van der Waals surface area contributed by atoms with Crippen LogP contribution < -0.4 is 0 Å². The normalized spacial score (nSPS) is 20.0. The molecular formula is C16H19N3O2. The summed E-state index contributed by atoms with van der Waals surface area (Å²) >= 11 is 0. The van der Waals surface area contributed by atoms with Crippen LogP contribution in [0.25, 0.3) is 11.0 Å². The summed E-state index contributed by atoms with van der Waals surface area (Å²) < 4.78 is 5.31. The summed E-state index contributed by atoms with van der Waals surface area (Å²) in [5.41, 5.74) is 2.70. The zero-order chi connectivity index (χ0) is 14.2. The average Bonchev–Trinajstić information content (AvgIpc) is 3.27. The summed E-state index contributed by atoms with van der Waals surface area (Å²) in [6.45, 7) is 3.58. The molecule has 0 radical (unpaired) electrons. The van der Waals surface area contributed by atoms with Gasteiger partial charge in [-0.15, -0.1) is 0 Å². The molecular weight excluding hydrogens is 266 g/mol. The van der Waals surface area contributed by atoms with Crippen molar-refractivity contribution in [1.29, 1.82) is 0 Å². The molecule has 1 N–H and O–H groups in total. The molecule has 1 aliphatic carbocycles. The maximum absolute atomic E-state index is 12.4. The first-order valence-corrected chi connectivity index (χ1v) is 7.62. The Balaban J connectivity index is 1.53. The topological polar surface area (TPSA) is 58.2 Å². The van der Waals surface area contributed by atoms with Crippen molar-refractivity contribution in [3.8, 4) is 0 Å². The first-order chi connectivity index (χ1) is 10.3. The number of ether oxygens (including phenoxy) is 1. The number of nitrogens with one attached hydrogen (secondary N) is 1. The lowest BCUT2D eigenvalue weighted by Crippen LogP contribution is -2.39. The minimum atomic E-state index is 0.168.